The van der Waals surface area contributed by atoms with Crippen molar-refractivity contribution in [1.82, 2.24) is 5.32 Å². The molecule has 1 N–H and O–H groups in total. The molecule has 1 amide bonds. The standard InChI is InChI=1S/C14H22N2O4S/c1-5-11(2)15-14(17)10-20-13-8-6-12(7-9-13)16(3)21(4,18)19/h6-9,11H,5,10H2,1-4H3,(H,15,17)/t11-/m1/s1. The summed E-state index contributed by atoms with van der Waals surface area (Å²) in [6, 6.07) is 6.64. The summed E-state index contributed by atoms with van der Waals surface area (Å²) < 4.78 is 29.3. The maximum Gasteiger partial charge on any atom is 0.258 e. The van der Waals surface area contributed by atoms with Gasteiger partial charge in [0.2, 0.25) is 10.0 Å². The Bertz CT molecular complexity index is 569. The van der Waals surface area contributed by atoms with E-state index in [-0.39, 0.29) is 18.6 Å². The van der Waals surface area contributed by atoms with Crippen molar-refractivity contribution in [3.05, 3.63) is 24.3 Å². The Labute approximate surface area is 126 Å². The molecule has 0 aliphatic carbocycles. The summed E-state index contributed by atoms with van der Waals surface area (Å²) in [5, 5.41) is 2.80. The third-order valence-electron chi connectivity index (χ3n) is 3.09. The van der Waals surface area contributed by atoms with Crippen molar-refractivity contribution in [3.63, 3.8) is 0 Å². The van der Waals surface area contributed by atoms with Gasteiger partial charge in [-0.05, 0) is 37.6 Å². The van der Waals surface area contributed by atoms with Gasteiger partial charge in [0.25, 0.3) is 5.91 Å². The molecule has 0 heterocycles. The average molecular weight is 314 g/mol. The minimum absolute atomic E-state index is 0.0639. The number of amides is 1. The van der Waals surface area contributed by atoms with Crippen LogP contribution in [0.1, 0.15) is 20.3 Å². The van der Waals surface area contributed by atoms with E-state index in [1.807, 2.05) is 13.8 Å². The second kappa shape index (κ2) is 7.31. The molecule has 0 bridgehead atoms. The number of anilines is 1. The SMILES string of the molecule is CC[C@@H](C)NC(=O)COc1ccc(N(C)S(C)(=O)=O)cc1. The fourth-order valence-corrected chi connectivity index (χ4v) is 2.02. The predicted octanol–water partition coefficient (Wildman–Crippen LogP) is 1.38. The lowest BCUT2D eigenvalue weighted by atomic mass is 10.2. The molecule has 6 nitrogen and oxygen atoms in total. The van der Waals surface area contributed by atoms with Crippen LogP contribution in [-0.4, -0.2) is 40.3 Å². The first-order valence-electron chi connectivity index (χ1n) is 6.70. The Morgan fingerprint density at radius 3 is 2.38 bits per heavy atom. The Morgan fingerprint density at radius 2 is 1.90 bits per heavy atom. The van der Waals surface area contributed by atoms with E-state index in [1.54, 1.807) is 24.3 Å². The largest absolute Gasteiger partial charge is 0.484 e. The molecule has 0 fully saturated rings. The highest BCUT2D eigenvalue weighted by molar-refractivity contribution is 7.92. The van der Waals surface area contributed by atoms with E-state index in [0.29, 0.717) is 11.4 Å². The van der Waals surface area contributed by atoms with E-state index in [4.69, 9.17) is 4.74 Å². The summed E-state index contributed by atoms with van der Waals surface area (Å²) in [6.07, 6.45) is 1.99. The number of rotatable bonds is 7. The normalized spacial score (nSPS) is 12.6. The van der Waals surface area contributed by atoms with Gasteiger partial charge in [-0.1, -0.05) is 6.92 Å². The zero-order valence-electron chi connectivity index (χ0n) is 12.8. The molecule has 21 heavy (non-hydrogen) atoms. The zero-order valence-corrected chi connectivity index (χ0v) is 13.6. The first kappa shape index (κ1) is 17.3. The number of carbonyl (C=O) groups excluding carboxylic acids is 1. The highest BCUT2D eigenvalue weighted by Gasteiger charge is 2.12. The van der Waals surface area contributed by atoms with E-state index >= 15 is 0 Å². The molecular formula is C14H22N2O4S. The number of sulfonamides is 1. The lowest BCUT2D eigenvalue weighted by molar-refractivity contribution is -0.123. The van der Waals surface area contributed by atoms with E-state index in [9.17, 15) is 13.2 Å². The monoisotopic (exact) mass is 314 g/mol. The van der Waals surface area contributed by atoms with Gasteiger partial charge in [-0.2, -0.15) is 0 Å². The highest BCUT2D eigenvalue weighted by atomic mass is 32.2. The van der Waals surface area contributed by atoms with E-state index in [1.165, 1.54) is 11.4 Å². The minimum Gasteiger partial charge on any atom is -0.484 e. The van der Waals surface area contributed by atoms with E-state index in [2.05, 4.69) is 5.32 Å². The fraction of sp³-hybridized carbons (Fsp3) is 0.500. The molecule has 1 atom stereocenters. The van der Waals surface area contributed by atoms with E-state index < -0.39 is 10.0 Å². The summed E-state index contributed by atoms with van der Waals surface area (Å²) in [4.78, 5) is 11.6. The maximum atomic E-state index is 11.6. The first-order chi connectivity index (χ1) is 9.74. The summed E-state index contributed by atoms with van der Waals surface area (Å²) in [7, 11) is -1.81. The van der Waals surface area contributed by atoms with Crippen LogP contribution in [0.3, 0.4) is 0 Å². The van der Waals surface area contributed by atoms with Crippen LogP contribution in [0.2, 0.25) is 0 Å². The second-order valence-electron chi connectivity index (χ2n) is 4.89. The van der Waals surface area contributed by atoms with Crippen molar-refractivity contribution < 1.29 is 17.9 Å². The second-order valence-corrected chi connectivity index (χ2v) is 6.90. The smallest absolute Gasteiger partial charge is 0.258 e. The molecule has 0 radical (unpaired) electrons. The molecule has 1 aromatic carbocycles. The highest BCUT2D eigenvalue weighted by Crippen LogP contribution is 2.20. The van der Waals surface area contributed by atoms with Crippen LogP contribution >= 0.6 is 0 Å². The molecule has 0 aliphatic heterocycles. The third kappa shape index (κ3) is 5.63. The number of hydrogen-bond acceptors (Lipinski definition) is 4. The fourth-order valence-electron chi connectivity index (χ4n) is 1.51. The van der Waals surface area contributed by atoms with Crippen molar-refractivity contribution in [2.75, 3.05) is 24.2 Å². The van der Waals surface area contributed by atoms with Gasteiger partial charge in [0.05, 0.1) is 11.9 Å². The molecule has 7 heteroatoms. The van der Waals surface area contributed by atoms with Crippen LogP contribution in [0.25, 0.3) is 0 Å². The Balaban J connectivity index is 2.58. The Morgan fingerprint density at radius 1 is 1.33 bits per heavy atom. The van der Waals surface area contributed by atoms with Gasteiger partial charge in [-0.25, -0.2) is 8.42 Å². The van der Waals surface area contributed by atoms with Crippen molar-refractivity contribution in [1.29, 1.82) is 0 Å². The third-order valence-corrected chi connectivity index (χ3v) is 4.29. The van der Waals surface area contributed by atoms with Crippen molar-refractivity contribution in [2.24, 2.45) is 0 Å². The van der Waals surface area contributed by atoms with Crippen LogP contribution < -0.4 is 14.4 Å². The molecule has 0 spiro atoms. The maximum absolute atomic E-state index is 11.6. The molecule has 0 saturated carbocycles. The lowest BCUT2D eigenvalue weighted by Gasteiger charge is -2.17. The molecule has 0 saturated heterocycles. The zero-order chi connectivity index (χ0) is 16.0. The summed E-state index contributed by atoms with van der Waals surface area (Å²) in [5.74, 6) is 0.335. The van der Waals surface area contributed by atoms with Crippen LogP contribution in [0, 0.1) is 0 Å². The number of carbonyl (C=O) groups is 1. The molecule has 0 aromatic heterocycles. The molecular weight excluding hydrogens is 292 g/mol. The van der Waals surface area contributed by atoms with Crippen LogP contribution in [0.4, 0.5) is 5.69 Å². The van der Waals surface area contributed by atoms with Crippen LogP contribution in [0.15, 0.2) is 24.3 Å². The van der Waals surface area contributed by atoms with Crippen LogP contribution in [-0.2, 0) is 14.8 Å². The van der Waals surface area contributed by atoms with Gasteiger partial charge < -0.3 is 10.1 Å². The summed E-state index contributed by atoms with van der Waals surface area (Å²) in [6.45, 7) is 3.85. The Kier molecular flexibility index (Phi) is 6.02. The lowest BCUT2D eigenvalue weighted by Crippen LogP contribution is -2.35. The number of nitrogens with zero attached hydrogens (tertiary/aromatic N) is 1. The average Bonchev–Trinajstić information content (AvgIpc) is 2.43. The number of benzene rings is 1. The van der Waals surface area contributed by atoms with Gasteiger partial charge in [-0.15, -0.1) is 0 Å². The van der Waals surface area contributed by atoms with Gasteiger partial charge in [-0.3, -0.25) is 9.10 Å². The van der Waals surface area contributed by atoms with Crippen molar-refractivity contribution in [2.45, 2.75) is 26.3 Å². The minimum atomic E-state index is -3.28. The van der Waals surface area contributed by atoms with Gasteiger partial charge in [0.1, 0.15) is 5.75 Å². The van der Waals surface area contributed by atoms with Crippen LogP contribution in [0.5, 0.6) is 5.75 Å². The summed E-state index contributed by atoms with van der Waals surface area (Å²) >= 11 is 0. The topological polar surface area (TPSA) is 75.7 Å². The first-order valence-corrected chi connectivity index (χ1v) is 8.55. The molecule has 118 valence electrons. The number of hydrogen-bond donors (Lipinski definition) is 1. The van der Waals surface area contributed by atoms with Gasteiger partial charge in [0, 0.05) is 13.1 Å². The molecule has 1 aromatic rings. The molecule has 0 aliphatic rings. The molecule has 1 rings (SSSR count). The van der Waals surface area contributed by atoms with Crippen molar-refractivity contribution in [3.8, 4) is 5.75 Å². The van der Waals surface area contributed by atoms with E-state index in [0.717, 1.165) is 12.7 Å². The number of ether oxygens (including phenoxy) is 1. The van der Waals surface area contributed by atoms with Gasteiger partial charge >= 0.3 is 0 Å². The quantitative estimate of drug-likeness (QED) is 0.825. The molecule has 0 unspecified atom stereocenters. The number of nitrogens with one attached hydrogen (secondary N) is 1. The summed E-state index contributed by atoms with van der Waals surface area (Å²) in [5.41, 5.74) is 0.536. The van der Waals surface area contributed by atoms with Gasteiger partial charge in [0.15, 0.2) is 6.61 Å². The Hall–Kier alpha value is -1.76. The predicted molar refractivity (Wildman–Crippen MR) is 83.1 cm³/mol. The van der Waals surface area contributed by atoms with Crippen molar-refractivity contribution >= 4 is 21.6 Å².